The van der Waals surface area contributed by atoms with E-state index in [2.05, 4.69) is 38.0 Å². The van der Waals surface area contributed by atoms with E-state index in [0.717, 1.165) is 24.4 Å². The van der Waals surface area contributed by atoms with Crippen LogP contribution in [0.1, 0.15) is 59.3 Å². The molecule has 0 spiro atoms. The summed E-state index contributed by atoms with van der Waals surface area (Å²) >= 11 is 0. The zero-order valence-electron chi connectivity index (χ0n) is 13.0. The van der Waals surface area contributed by atoms with Gasteiger partial charge in [-0.05, 0) is 64.6 Å². The van der Waals surface area contributed by atoms with Crippen molar-refractivity contribution in [2.75, 3.05) is 26.7 Å². The highest BCUT2D eigenvalue weighted by Gasteiger charge is 2.18. The number of nitrogens with one attached hydrogen (secondary N) is 1. The average Bonchev–Trinajstić information content (AvgIpc) is 2.80. The lowest BCUT2D eigenvalue weighted by atomic mass is 10.1. The van der Waals surface area contributed by atoms with E-state index < -0.39 is 0 Å². The largest absolute Gasteiger partial charge is 0.316 e. The number of rotatable bonds is 9. The Morgan fingerprint density at radius 1 is 1.17 bits per heavy atom. The monoisotopic (exact) mass is 254 g/mol. The summed E-state index contributed by atoms with van der Waals surface area (Å²) in [4.78, 5) is 2.58. The highest BCUT2D eigenvalue weighted by molar-refractivity contribution is 4.73. The molecule has 1 unspecified atom stereocenters. The quantitative estimate of drug-likeness (QED) is 0.633. The van der Waals surface area contributed by atoms with Crippen LogP contribution in [0.5, 0.6) is 0 Å². The van der Waals surface area contributed by atoms with Crippen LogP contribution in [0.3, 0.4) is 0 Å². The van der Waals surface area contributed by atoms with Crippen molar-refractivity contribution in [2.24, 2.45) is 11.8 Å². The second-order valence-corrected chi connectivity index (χ2v) is 6.68. The highest BCUT2D eigenvalue weighted by Crippen LogP contribution is 2.25. The van der Waals surface area contributed by atoms with Gasteiger partial charge in [0.1, 0.15) is 0 Å². The molecule has 0 aliphatic heterocycles. The van der Waals surface area contributed by atoms with Gasteiger partial charge in [-0.3, -0.25) is 0 Å². The molecule has 1 atom stereocenters. The van der Waals surface area contributed by atoms with Gasteiger partial charge in [0, 0.05) is 12.6 Å². The molecule has 108 valence electrons. The smallest absolute Gasteiger partial charge is 0.00644 e. The van der Waals surface area contributed by atoms with Gasteiger partial charge in [-0.2, -0.15) is 0 Å². The third kappa shape index (κ3) is 6.75. The standard InChI is InChI=1S/C16H34N2/c1-14(2)12-17-11-7-8-15(3)18(4)13-16-9-5-6-10-16/h14-17H,5-13H2,1-4H3. The van der Waals surface area contributed by atoms with E-state index in [1.54, 1.807) is 0 Å². The molecule has 18 heavy (non-hydrogen) atoms. The van der Waals surface area contributed by atoms with Crippen LogP contribution in [0, 0.1) is 11.8 Å². The van der Waals surface area contributed by atoms with E-state index in [1.807, 2.05) is 0 Å². The van der Waals surface area contributed by atoms with Gasteiger partial charge in [0.25, 0.3) is 0 Å². The molecular formula is C16H34N2. The maximum absolute atomic E-state index is 3.53. The van der Waals surface area contributed by atoms with E-state index in [1.165, 1.54) is 51.6 Å². The van der Waals surface area contributed by atoms with Crippen LogP contribution in [0.15, 0.2) is 0 Å². The van der Waals surface area contributed by atoms with Gasteiger partial charge in [0.05, 0.1) is 0 Å². The first-order chi connectivity index (χ1) is 8.59. The van der Waals surface area contributed by atoms with Crippen LogP contribution in [0.25, 0.3) is 0 Å². The molecule has 0 aromatic rings. The molecule has 0 aromatic carbocycles. The van der Waals surface area contributed by atoms with Crippen molar-refractivity contribution in [1.29, 1.82) is 0 Å². The average molecular weight is 254 g/mol. The molecule has 1 N–H and O–H groups in total. The lowest BCUT2D eigenvalue weighted by Crippen LogP contribution is -2.33. The molecule has 1 aliphatic carbocycles. The van der Waals surface area contributed by atoms with Gasteiger partial charge < -0.3 is 10.2 Å². The molecule has 0 amide bonds. The van der Waals surface area contributed by atoms with Gasteiger partial charge >= 0.3 is 0 Å². The molecule has 2 nitrogen and oxygen atoms in total. The molecule has 0 radical (unpaired) electrons. The van der Waals surface area contributed by atoms with Gasteiger partial charge in [-0.15, -0.1) is 0 Å². The van der Waals surface area contributed by atoms with Crippen molar-refractivity contribution in [3.8, 4) is 0 Å². The van der Waals surface area contributed by atoms with E-state index in [4.69, 9.17) is 0 Å². The molecule has 1 aliphatic rings. The first kappa shape index (κ1) is 16.0. The maximum atomic E-state index is 3.53. The Morgan fingerprint density at radius 3 is 2.44 bits per heavy atom. The summed E-state index contributed by atoms with van der Waals surface area (Å²) in [6, 6.07) is 0.742. The van der Waals surface area contributed by atoms with Crippen molar-refractivity contribution in [2.45, 2.75) is 65.3 Å². The fourth-order valence-electron chi connectivity index (χ4n) is 2.91. The zero-order chi connectivity index (χ0) is 13.4. The number of nitrogens with zero attached hydrogens (tertiary/aromatic N) is 1. The minimum absolute atomic E-state index is 0.742. The van der Waals surface area contributed by atoms with Gasteiger partial charge in [0.2, 0.25) is 0 Å². The molecule has 1 fully saturated rings. The van der Waals surface area contributed by atoms with E-state index in [9.17, 15) is 0 Å². The van der Waals surface area contributed by atoms with Gasteiger partial charge in [0.15, 0.2) is 0 Å². The Balaban J connectivity index is 2.02. The third-order valence-electron chi connectivity index (χ3n) is 4.30. The Kier molecular flexibility index (Phi) is 7.92. The minimum Gasteiger partial charge on any atom is -0.316 e. The number of hydrogen-bond donors (Lipinski definition) is 1. The van der Waals surface area contributed by atoms with Crippen molar-refractivity contribution in [3.63, 3.8) is 0 Å². The summed E-state index contributed by atoms with van der Waals surface area (Å²) in [7, 11) is 2.31. The van der Waals surface area contributed by atoms with E-state index in [-0.39, 0.29) is 0 Å². The summed E-state index contributed by atoms with van der Waals surface area (Å²) in [6.45, 7) is 10.6. The predicted molar refractivity (Wildman–Crippen MR) is 81.0 cm³/mol. The van der Waals surface area contributed by atoms with Crippen LogP contribution in [0.2, 0.25) is 0 Å². The fraction of sp³-hybridized carbons (Fsp3) is 1.00. The molecular weight excluding hydrogens is 220 g/mol. The first-order valence-corrected chi connectivity index (χ1v) is 8.00. The summed E-state index contributed by atoms with van der Waals surface area (Å²) in [6.07, 6.45) is 8.50. The van der Waals surface area contributed by atoms with Crippen LogP contribution in [-0.2, 0) is 0 Å². The van der Waals surface area contributed by atoms with Crippen LogP contribution >= 0.6 is 0 Å². The summed E-state index contributed by atoms with van der Waals surface area (Å²) < 4.78 is 0. The maximum Gasteiger partial charge on any atom is 0.00644 e. The Bertz CT molecular complexity index is 197. The SMILES string of the molecule is CC(C)CNCCCC(C)N(C)CC1CCCC1. The Morgan fingerprint density at radius 2 is 1.83 bits per heavy atom. The normalized spacial score (nSPS) is 19.0. The second kappa shape index (κ2) is 8.92. The van der Waals surface area contributed by atoms with Crippen molar-refractivity contribution >= 4 is 0 Å². The topological polar surface area (TPSA) is 15.3 Å². The zero-order valence-corrected chi connectivity index (χ0v) is 13.0. The summed E-state index contributed by atoms with van der Waals surface area (Å²) in [5.41, 5.74) is 0. The molecule has 1 rings (SSSR count). The van der Waals surface area contributed by atoms with Gasteiger partial charge in [-0.25, -0.2) is 0 Å². The molecule has 1 saturated carbocycles. The predicted octanol–water partition coefficient (Wildman–Crippen LogP) is 3.52. The molecule has 0 heterocycles. The van der Waals surface area contributed by atoms with Crippen molar-refractivity contribution < 1.29 is 0 Å². The van der Waals surface area contributed by atoms with Crippen molar-refractivity contribution in [1.82, 2.24) is 10.2 Å². The third-order valence-corrected chi connectivity index (χ3v) is 4.30. The van der Waals surface area contributed by atoms with E-state index in [0.29, 0.717) is 0 Å². The second-order valence-electron chi connectivity index (χ2n) is 6.68. The van der Waals surface area contributed by atoms with Gasteiger partial charge in [-0.1, -0.05) is 26.7 Å². The fourth-order valence-corrected chi connectivity index (χ4v) is 2.91. The minimum atomic E-state index is 0.742. The highest BCUT2D eigenvalue weighted by atomic mass is 15.1. The first-order valence-electron chi connectivity index (χ1n) is 8.00. The Labute approximate surface area is 115 Å². The molecule has 0 saturated heterocycles. The lowest BCUT2D eigenvalue weighted by Gasteiger charge is -2.27. The number of hydrogen-bond acceptors (Lipinski definition) is 2. The molecule has 0 bridgehead atoms. The summed E-state index contributed by atoms with van der Waals surface area (Å²) in [5.74, 6) is 1.75. The van der Waals surface area contributed by atoms with Crippen LogP contribution in [-0.4, -0.2) is 37.6 Å². The molecule has 0 aromatic heterocycles. The summed E-state index contributed by atoms with van der Waals surface area (Å²) in [5, 5.41) is 3.53. The van der Waals surface area contributed by atoms with Crippen LogP contribution < -0.4 is 5.32 Å². The lowest BCUT2D eigenvalue weighted by molar-refractivity contribution is 0.207. The Hall–Kier alpha value is -0.0800. The van der Waals surface area contributed by atoms with Crippen LogP contribution in [0.4, 0.5) is 0 Å². The molecule has 2 heteroatoms. The van der Waals surface area contributed by atoms with E-state index >= 15 is 0 Å². The van der Waals surface area contributed by atoms with Crippen molar-refractivity contribution in [3.05, 3.63) is 0 Å².